The van der Waals surface area contributed by atoms with Crippen molar-refractivity contribution in [2.24, 2.45) is 5.73 Å². The highest BCUT2D eigenvalue weighted by Crippen LogP contribution is 2.19. The van der Waals surface area contributed by atoms with Crippen molar-refractivity contribution in [2.75, 3.05) is 6.54 Å². The molecule has 12 heavy (non-hydrogen) atoms. The van der Waals surface area contributed by atoms with Gasteiger partial charge in [-0.1, -0.05) is 18.2 Å². The predicted molar refractivity (Wildman–Crippen MR) is 52.1 cm³/mol. The summed E-state index contributed by atoms with van der Waals surface area (Å²) in [7, 11) is 0. The first-order valence-corrected chi connectivity index (χ1v) is 4.04. The molecule has 0 aliphatic carbocycles. The van der Waals surface area contributed by atoms with Crippen LogP contribution in [0, 0.1) is 6.92 Å². The Morgan fingerprint density at radius 1 is 1.67 bits per heavy atom. The average molecular weight is 183 g/mol. The number of aryl methyl sites for hydroxylation is 1. The van der Waals surface area contributed by atoms with E-state index in [0.717, 1.165) is 16.8 Å². The van der Waals surface area contributed by atoms with E-state index in [2.05, 4.69) is 11.6 Å². The van der Waals surface area contributed by atoms with E-state index >= 15 is 0 Å². The first-order chi connectivity index (χ1) is 5.65. The van der Waals surface area contributed by atoms with Gasteiger partial charge in [0.05, 0.1) is 0 Å². The molecule has 0 atom stereocenters. The number of nitrogens with zero attached hydrogens (tertiary/aromatic N) is 1. The molecule has 1 heterocycles. The number of hydrogen-bond donors (Lipinski definition) is 1. The van der Waals surface area contributed by atoms with Gasteiger partial charge in [-0.05, 0) is 24.6 Å². The van der Waals surface area contributed by atoms with Crippen molar-refractivity contribution in [1.29, 1.82) is 0 Å². The Morgan fingerprint density at radius 3 is 2.83 bits per heavy atom. The van der Waals surface area contributed by atoms with E-state index in [-0.39, 0.29) is 0 Å². The molecule has 2 N–H and O–H groups in total. The highest BCUT2D eigenvalue weighted by Gasteiger charge is 2.03. The third kappa shape index (κ3) is 1.84. The molecule has 0 saturated heterocycles. The van der Waals surface area contributed by atoms with Gasteiger partial charge < -0.3 is 5.73 Å². The molecule has 0 saturated carbocycles. The number of hydrogen-bond acceptors (Lipinski definition) is 2. The molecule has 3 heteroatoms. The van der Waals surface area contributed by atoms with Crippen LogP contribution in [0.2, 0.25) is 5.15 Å². The first-order valence-electron chi connectivity index (χ1n) is 3.66. The van der Waals surface area contributed by atoms with Crippen LogP contribution < -0.4 is 5.73 Å². The van der Waals surface area contributed by atoms with Crippen molar-refractivity contribution in [3.63, 3.8) is 0 Å². The zero-order chi connectivity index (χ0) is 9.14. The Labute approximate surface area is 77.1 Å². The van der Waals surface area contributed by atoms with E-state index < -0.39 is 0 Å². The molecule has 0 unspecified atom stereocenters. The smallest absolute Gasteiger partial charge is 0.136 e. The number of aromatic nitrogens is 1. The summed E-state index contributed by atoms with van der Waals surface area (Å²) in [6.45, 7) is 6.08. The third-order valence-corrected chi connectivity index (χ3v) is 1.90. The lowest BCUT2D eigenvalue weighted by Gasteiger charge is -2.04. The molecule has 0 amide bonds. The van der Waals surface area contributed by atoms with Gasteiger partial charge in [0, 0.05) is 17.8 Å². The van der Waals surface area contributed by atoms with Crippen LogP contribution in [0.15, 0.2) is 18.7 Å². The van der Waals surface area contributed by atoms with Crippen molar-refractivity contribution in [1.82, 2.24) is 4.98 Å². The van der Waals surface area contributed by atoms with Crippen molar-refractivity contribution < 1.29 is 0 Å². The number of halogens is 1. The van der Waals surface area contributed by atoms with E-state index in [1.54, 1.807) is 0 Å². The zero-order valence-corrected chi connectivity index (χ0v) is 7.73. The molecule has 0 bridgehead atoms. The minimum absolute atomic E-state index is 0.407. The Morgan fingerprint density at radius 2 is 2.33 bits per heavy atom. The maximum absolute atomic E-state index is 5.88. The van der Waals surface area contributed by atoms with Crippen molar-refractivity contribution in [3.8, 4) is 0 Å². The second kappa shape index (κ2) is 3.70. The summed E-state index contributed by atoms with van der Waals surface area (Å²) in [6.07, 6.45) is 0. The lowest BCUT2D eigenvalue weighted by molar-refractivity contribution is 1.18. The summed E-state index contributed by atoms with van der Waals surface area (Å²) in [6, 6.07) is 3.78. The van der Waals surface area contributed by atoms with Crippen LogP contribution >= 0.6 is 11.6 Å². The van der Waals surface area contributed by atoms with Gasteiger partial charge in [0.15, 0.2) is 0 Å². The van der Waals surface area contributed by atoms with E-state index in [1.807, 2.05) is 19.1 Å². The van der Waals surface area contributed by atoms with Crippen molar-refractivity contribution in [2.45, 2.75) is 6.92 Å². The van der Waals surface area contributed by atoms with Gasteiger partial charge in [-0.3, -0.25) is 0 Å². The topological polar surface area (TPSA) is 38.9 Å². The average Bonchev–Trinajstić information content (AvgIpc) is 2.03. The van der Waals surface area contributed by atoms with Crippen molar-refractivity contribution in [3.05, 3.63) is 35.1 Å². The van der Waals surface area contributed by atoms with Crippen LogP contribution in [0.4, 0.5) is 0 Å². The maximum atomic E-state index is 5.88. The second-order valence-electron chi connectivity index (χ2n) is 2.60. The molecule has 0 radical (unpaired) electrons. The summed E-state index contributed by atoms with van der Waals surface area (Å²) in [5, 5.41) is 0.477. The Kier molecular flexibility index (Phi) is 2.84. The summed E-state index contributed by atoms with van der Waals surface area (Å²) >= 11 is 5.88. The predicted octanol–water partition coefficient (Wildman–Crippen LogP) is 2.02. The summed E-state index contributed by atoms with van der Waals surface area (Å²) in [4.78, 5) is 4.09. The summed E-state index contributed by atoms with van der Waals surface area (Å²) in [5.74, 6) is 0. The van der Waals surface area contributed by atoms with Gasteiger partial charge in [0.25, 0.3) is 0 Å². The fourth-order valence-electron chi connectivity index (χ4n) is 0.899. The lowest BCUT2D eigenvalue weighted by Crippen LogP contribution is -2.02. The number of rotatable bonds is 2. The maximum Gasteiger partial charge on any atom is 0.136 e. The second-order valence-corrected chi connectivity index (χ2v) is 2.96. The Bertz CT molecular complexity index is 307. The van der Waals surface area contributed by atoms with Gasteiger partial charge in [-0.2, -0.15) is 0 Å². The summed E-state index contributed by atoms with van der Waals surface area (Å²) in [5.41, 5.74) is 7.97. The van der Waals surface area contributed by atoms with Gasteiger partial charge in [-0.25, -0.2) is 4.98 Å². The molecule has 1 rings (SSSR count). The normalized spacial score (nSPS) is 9.92. The monoisotopic (exact) mass is 182 g/mol. The largest absolute Gasteiger partial charge is 0.326 e. The van der Waals surface area contributed by atoms with Crippen LogP contribution in [-0.4, -0.2) is 11.5 Å². The SMILES string of the molecule is C=C(CN)c1ccc(C)nc1Cl. The van der Waals surface area contributed by atoms with Crippen LogP contribution in [0.25, 0.3) is 5.57 Å². The highest BCUT2D eigenvalue weighted by molar-refractivity contribution is 6.31. The first kappa shape index (κ1) is 9.23. The van der Waals surface area contributed by atoms with Gasteiger partial charge >= 0.3 is 0 Å². The molecule has 0 aromatic carbocycles. The molecule has 1 aromatic rings. The molecule has 0 aliphatic heterocycles. The molecule has 1 aromatic heterocycles. The van der Waals surface area contributed by atoms with E-state index in [1.165, 1.54) is 0 Å². The Balaban J connectivity index is 3.09. The fraction of sp³-hybridized carbons (Fsp3) is 0.222. The summed E-state index contributed by atoms with van der Waals surface area (Å²) < 4.78 is 0. The minimum atomic E-state index is 0.407. The fourth-order valence-corrected chi connectivity index (χ4v) is 1.23. The molecule has 0 spiro atoms. The molecule has 0 fully saturated rings. The third-order valence-electron chi connectivity index (χ3n) is 1.62. The van der Waals surface area contributed by atoms with Gasteiger partial charge in [0.1, 0.15) is 5.15 Å². The quantitative estimate of drug-likeness (QED) is 0.711. The van der Waals surface area contributed by atoms with Crippen LogP contribution in [0.3, 0.4) is 0 Å². The standard InChI is InChI=1S/C9H11ClN2/c1-6(5-11)8-4-3-7(2)12-9(8)10/h3-4H,1,5,11H2,2H3. The van der Waals surface area contributed by atoms with E-state index in [0.29, 0.717) is 11.7 Å². The molecule has 64 valence electrons. The van der Waals surface area contributed by atoms with E-state index in [9.17, 15) is 0 Å². The van der Waals surface area contributed by atoms with E-state index in [4.69, 9.17) is 17.3 Å². The minimum Gasteiger partial charge on any atom is -0.326 e. The lowest BCUT2D eigenvalue weighted by atomic mass is 10.1. The zero-order valence-electron chi connectivity index (χ0n) is 6.97. The van der Waals surface area contributed by atoms with Gasteiger partial charge in [-0.15, -0.1) is 0 Å². The number of nitrogens with two attached hydrogens (primary N) is 1. The molecule has 0 aliphatic rings. The molecule has 2 nitrogen and oxygen atoms in total. The Hall–Kier alpha value is -0.860. The van der Waals surface area contributed by atoms with Crippen LogP contribution in [0.1, 0.15) is 11.3 Å². The number of pyridine rings is 1. The molecular weight excluding hydrogens is 172 g/mol. The van der Waals surface area contributed by atoms with Crippen molar-refractivity contribution >= 4 is 17.2 Å². The van der Waals surface area contributed by atoms with Crippen LogP contribution in [-0.2, 0) is 0 Å². The van der Waals surface area contributed by atoms with Gasteiger partial charge in [0.2, 0.25) is 0 Å². The molecular formula is C9H11ClN2. The van der Waals surface area contributed by atoms with Crippen LogP contribution in [0.5, 0.6) is 0 Å². The highest BCUT2D eigenvalue weighted by atomic mass is 35.5.